The number of thiocarbonyl (C=S) groups is 1. The summed E-state index contributed by atoms with van der Waals surface area (Å²) in [6, 6.07) is 4.36. The second kappa shape index (κ2) is 3.49. The predicted octanol–water partition coefficient (Wildman–Crippen LogP) is 1.47. The van der Waals surface area contributed by atoms with Gasteiger partial charge in [-0.15, -0.1) is 0 Å². The first-order valence-electron chi connectivity index (χ1n) is 3.28. The third kappa shape index (κ3) is 1.71. The van der Waals surface area contributed by atoms with Gasteiger partial charge in [0.1, 0.15) is 4.99 Å². The van der Waals surface area contributed by atoms with Crippen molar-refractivity contribution in [1.29, 1.82) is 0 Å². The van der Waals surface area contributed by atoms with E-state index in [1.54, 1.807) is 6.07 Å². The molecule has 0 saturated heterocycles. The van der Waals surface area contributed by atoms with Crippen LogP contribution in [0.5, 0.6) is 5.75 Å². The van der Waals surface area contributed by atoms with Crippen molar-refractivity contribution in [1.82, 2.24) is 0 Å². The van der Waals surface area contributed by atoms with E-state index in [1.165, 1.54) is 19.2 Å². The molecule has 64 valence electrons. The van der Waals surface area contributed by atoms with Crippen LogP contribution in [-0.4, -0.2) is 12.1 Å². The van der Waals surface area contributed by atoms with Gasteiger partial charge in [-0.25, -0.2) is 4.39 Å². The van der Waals surface area contributed by atoms with Crippen molar-refractivity contribution < 1.29 is 9.13 Å². The Labute approximate surface area is 75.1 Å². The number of hydrogen-bond donors (Lipinski definition) is 1. The second-order valence-electron chi connectivity index (χ2n) is 2.21. The van der Waals surface area contributed by atoms with Crippen LogP contribution in [0.25, 0.3) is 0 Å². The Kier molecular flexibility index (Phi) is 2.60. The Hall–Kier alpha value is -1.16. The summed E-state index contributed by atoms with van der Waals surface area (Å²) in [5.41, 5.74) is 5.80. The summed E-state index contributed by atoms with van der Waals surface area (Å²) >= 11 is 4.67. The molecule has 2 nitrogen and oxygen atoms in total. The lowest BCUT2D eigenvalue weighted by molar-refractivity contribution is 0.386. The van der Waals surface area contributed by atoms with E-state index in [1.807, 2.05) is 0 Å². The molecule has 0 saturated carbocycles. The van der Waals surface area contributed by atoms with Gasteiger partial charge in [-0.3, -0.25) is 0 Å². The molecule has 2 N–H and O–H groups in total. The number of methoxy groups -OCH3 is 1. The second-order valence-corrected chi connectivity index (χ2v) is 2.65. The van der Waals surface area contributed by atoms with Crippen molar-refractivity contribution in [2.24, 2.45) is 5.73 Å². The van der Waals surface area contributed by atoms with E-state index in [0.29, 0.717) is 5.56 Å². The maximum atomic E-state index is 13.0. The first-order valence-corrected chi connectivity index (χ1v) is 3.69. The maximum Gasteiger partial charge on any atom is 0.165 e. The molecule has 0 unspecified atom stereocenters. The van der Waals surface area contributed by atoms with Gasteiger partial charge in [-0.05, 0) is 18.2 Å². The highest BCUT2D eigenvalue weighted by Crippen LogP contribution is 2.17. The van der Waals surface area contributed by atoms with Gasteiger partial charge in [0, 0.05) is 5.56 Å². The van der Waals surface area contributed by atoms with Gasteiger partial charge in [0.05, 0.1) is 7.11 Å². The zero-order valence-electron chi connectivity index (χ0n) is 6.50. The van der Waals surface area contributed by atoms with E-state index in [9.17, 15) is 4.39 Å². The van der Waals surface area contributed by atoms with Gasteiger partial charge in [0.15, 0.2) is 11.6 Å². The summed E-state index contributed by atoms with van der Waals surface area (Å²) in [4.78, 5) is 0.177. The fraction of sp³-hybridized carbons (Fsp3) is 0.125. The van der Waals surface area contributed by atoms with Gasteiger partial charge < -0.3 is 10.5 Å². The fourth-order valence-electron chi connectivity index (χ4n) is 0.820. The minimum atomic E-state index is -0.456. The molecule has 0 bridgehead atoms. The fourth-order valence-corrected chi connectivity index (χ4v) is 0.947. The van der Waals surface area contributed by atoms with E-state index in [2.05, 4.69) is 12.2 Å². The molecular formula is C8H8FNOS. The number of rotatable bonds is 2. The van der Waals surface area contributed by atoms with Crippen LogP contribution in [0.15, 0.2) is 18.2 Å². The third-order valence-electron chi connectivity index (χ3n) is 1.44. The Morgan fingerprint density at radius 3 is 2.67 bits per heavy atom. The quantitative estimate of drug-likeness (QED) is 0.708. The van der Waals surface area contributed by atoms with E-state index in [4.69, 9.17) is 10.5 Å². The topological polar surface area (TPSA) is 35.2 Å². The molecule has 0 aromatic heterocycles. The summed E-state index contributed by atoms with van der Waals surface area (Å²) in [6.45, 7) is 0. The SMILES string of the molecule is COc1ccc(C(N)=S)cc1F. The third-order valence-corrected chi connectivity index (χ3v) is 1.67. The highest BCUT2D eigenvalue weighted by molar-refractivity contribution is 7.80. The Balaban J connectivity index is 3.10. The van der Waals surface area contributed by atoms with Crippen molar-refractivity contribution in [2.75, 3.05) is 7.11 Å². The van der Waals surface area contributed by atoms with Gasteiger partial charge >= 0.3 is 0 Å². The Morgan fingerprint density at radius 2 is 2.25 bits per heavy atom. The zero-order chi connectivity index (χ0) is 9.14. The highest BCUT2D eigenvalue weighted by Gasteiger charge is 2.03. The molecule has 0 heterocycles. The van der Waals surface area contributed by atoms with Crippen LogP contribution < -0.4 is 10.5 Å². The van der Waals surface area contributed by atoms with E-state index in [-0.39, 0.29) is 10.7 Å². The van der Waals surface area contributed by atoms with E-state index >= 15 is 0 Å². The molecule has 0 amide bonds. The van der Waals surface area contributed by atoms with Crippen molar-refractivity contribution in [3.63, 3.8) is 0 Å². The standard InChI is InChI=1S/C8H8FNOS/c1-11-7-3-2-5(8(10)12)4-6(7)9/h2-4H,1H3,(H2,10,12). The van der Waals surface area contributed by atoms with Gasteiger partial charge in [-0.1, -0.05) is 12.2 Å². The van der Waals surface area contributed by atoms with Crippen LogP contribution in [0.3, 0.4) is 0 Å². The lowest BCUT2D eigenvalue weighted by atomic mass is 10.2. The molecule has 1 aromatic rings. The Bertz CT molecular complexity index is 314. The number of hydrogen-bond acceptors (Lipinski definition) is 2. The molecule has 0 aliphatic rings. The number of benzene rings is 1. The number of nitrogens with two attached hydrogens (primary N) is 1. The molecule has 0 radical (unpaired) electrons. The van der Waals surface area contributed by atoms with Gasteiger partial charge in [0.25, 0.3) is 0 Å². The lowest BCUT2D eigenvalue weighted by Gasteiger charge is -2.02. The molecular weight excluding hydrogens is 177 g/mol. The van der Waals surface area contributed by atoms with Crippen molar-refractivity contribution in [3.8, 4) is 5.75 Å². The van der Waals surface area contributed by atoms with Crippen LogP contribution in [0.2, 0.25) is 0 Å². The monoisotopic (exact) mass is 185 g/mol. The summed E-state index contributed by atoms with van der Waals surface area (Å²) in [5, 5.41) is 0. The smallest absolute Gasteiger partial charge is 0.165 e. The first kappa shape index (κ1) is 8.93. The maximum absolute atomic E-state index is 13.0. The van der Waals surface area contributed by atoms with E-state index in [0.717, 1.165) is 0 Å². The molecule has 4 heteroatoms. The minimum absolute atomic E-state index is 0.177. The van der Waals surface area contributed by atoms with Gasteiger partial charge in [-0.2, -0.15) is 0 Å². The number of ether oxygens (including phenoxy) is 1. The van der Waals surface area contributed by atoms with Crippen molar-refractivity contribution in [2.45, 2.75) is 0 Å². The molecule has 0 spiro atoms. The average Bonchev–Trinajstić information content (AvgIpc) is 2.04. The average molecular weight is 185 g/mol. The molecule has 1 aromatic carbocycles. The molecule has 1 rings (SSSR count). The first-order chi connectivity index (χ1) is 5.65. The lowest BCUT2D eigenvalue weighted by Crippen LogP contribution is -2.09. The van der Waals surface area contributed by atoms with Crippen LogP contribution in [0.1, 0.15) is 5.56 Å². The normalized spacial score (nSPS) is 9.50. The molecule has 0 aliphatic carbocycles. The van der Waals surface area contributed by atoms with Crippen molar-refractivity contribution in [3.05, 3.63) is 29.6 Å². The summed E-state index contributed by atoms with van der Waals surface area (Å²) < 4.78 is 17.7. The summed E-state index contributed by atoms with van der Waals surface area (Å²) in [6.07, 6.45) is 0. The molecule has 0 atom stereocenters. The molecule has 0 aliphatic heterocycles. The number of halogens is 1. The minimum Gasteiger partial charge on any atom is -0.494 e. The van der Waals surface area contributed by atoms with E-state index < -0.39 is 5.82 Å². The zero-order valence-corrected chi connectivity index (χ0v) is 7.32. The van der Waals surface area contributed by atoms with Gasteiger partial charge in [0.2, 0.25) is 0 Å². The van der Waals surface area contributed by atoms with Crippen LogP contribution in [-0.2, 0) is 0 Å². The molecule has 12 heavy (non-hydrogen) atoms. The molecule has 0 fully saturated rings. The summed E-state index contributed by atoms with van der Waals surface area (Å²) in [5.74, 6) is -0.266. The highest BCUT2D eigenvalue weighted by atomic mass is 32.1. The largest absolute Gasteiger partial charge is 0.494 e. The van der Waals surface area contributed by atoms with Crippen LogP contribution >= 0.6 is 12.2 Å². The van der Waals surface area contributed by atoms with Crippen molar-refractivity contribution >= 4 is 17.2 Å². The van der Waals surface area contributed by atoms with Crippen LogP contribution in [0, 0.1) is 5.82 Å². The Morgan fingerprint density at radius 1 is 1.58 bits per heavy atom. The van der Waals surface area contributed by atoms with Crippen LogP contribution in [0.4, 0.5) is 4.39 Å². The summed E-state index contributed by atoms with van der Waals surface area (Å²) in [7, 11) is 1.40. The predicted molar refractivity (Wildman–Crippen MR) is 48.8 cm³/mol.